The van der Waals surface area contributed by atoms with Gasteiger partial charge < -0.3 is 0 Å². The minimum Gasteiger partial charge on any atom is -0.255 e. The molecule has 17 heavy (non-hydrogen) atoms. The van der Waals surface area contributed by atoms with Crippen molar-refractivity contribution < 1.29 is 0 Å². The molecule has 1 aliphatic heterocycles. The van der Waals surface area contributed by atoms with E-state index in [0.717, 1.165) is 29.8 Å². The van der Waals surface area contributed by atoms with Crippen LogP contribution in [0.25, 0.3) is 0 Å². The molecule has 3 heteroatoms. The Morgan fingerprint density at radius 1 is 1.18 bits per heavy atom. The summed E-state index contributed by atoms with van der Waals surface area (Å²) in [7, 11) is 0. The first kappa shape index (κ1) is 12.4. The van der Waals surface area contributed by atoms with Crippen molar-refractivity contribution in [2.45, 2.75) is 26.0 Å². The standard InChI is InChI=1S/C14H18N2S/c1-11(2)9-12-3-5-13(6-4-12)10-17-14-15-7-8-16-14/h3-7,11H,8-10H2,1-2H3. The highest BCUT2D eigenvalue weighted by Gasteiger charge is 2.03. The SMILES string of the molecule is CC(C)Cc1ccc(CSC2=NCC=N2)cc1. The van der Waals surface area contributed by atoms with Crippen molar-refractivity contribution in [1.29, 1.82) is 0 Å². The first-order valence-electron chi connectivity index (χ1n) is 6.01. The van der Waals surface area contributed by atoms with Crippen LogP contribution < -0.4 is 0 Å². The molecule has 1 aromatic carbocycles. The second-order valence-corrected chi connectivity index (χ2v) is 5.58. The van der Waals surface area contributed by atoms with Gasteiger partial charge in [-0.15, -0.1) is 0 Å². The zero-order chi connectivity index (χ0) is 12.1. The van der Waals surface area contributed by atoms with Gasteiger partial charge in [-0.2, -0.15) is 0 Å². The van der Waals surface area contributed by atoms with E-state index in [1.807, 2.05) is 6.21 Å². The van der Waals surface area contributed by atoms with Crippen LogP contribution in [0.5, 0.6) is 0 Å². The van der Waals surface area contributed by atoms with Gasteiger partial charge in [-0.3, -0.25) is 4.99 Å². The lowest BCUT2D eigenvalue weighted by Gasteiger charge is -2.06. The van der Waals surface area contributed by atoms with Crippen LogP contribution in [-0.4, -0.2) is 17.9 Å². The molecule has 2 rings (SSSR count). The van der Waals surface area contributed by atoms with Gasteiger partial charge in [0.2, 0.25) is 0 Å². The van der Waals surface area contributed by atoms with Gasteiger partial charge >= 0.3 is 0 Å². The second-order valence-electron chi connectivity index (χ2n) is 4.64. The van der Waals surface area contributed by atoms with Crippen LogP contribution in [0.2, 0.25) is 0 Å². The number of thioether (sulfide) groups is 1. The van der Waals surface area contributed by atoms with Crippen LogP contribution >= 0.6 is 11.8 Å². The monoisotopic (exact) mass is 246 g/mol. The predicted octanol–water partition coefficient (Wildman–Crippen LogP) is 3.56. The largest absolute Gasteiger partial charge is 0.255 e. The second kappa shape index (κ2) is 6.01. The highest BCUT2D eigenvalue weighted by molar-refractivity contribution is 8.13. The molecule has 1 aromatic rings. The Hall–Kier alpha value is -1.09. The third-order valence-electron chi connectivity index (χ3n) is 2.54. The molecule has 0 amide bonds. The van der Waals surface area contributed by atoms with Crippen LogP contribution in [0.4, 0.5) is 0 Å². The first-order valence-corrected chi connectivity index (χ1v) is 7.00. The van der Waals surface area contributed by atoms with E-state index in [9.17, 15) is 0 Å². The number of rotatable bonds is 4. The lowest BCUT2D eigenvalue weighted by molar-refractivity contribution is 0.647. The summed E-state index contributed by atoms with van der Waals surface area (Å²) in [6.07, 6.45) is 3.01. The molecule has 0 saturated carbocycles. The summed E-state index contributed by atoms with van der Waals surface area (Å²) in [5.74, 6) is 1.68. The van der Waals surface area contributed by atoms with Gasteiger partial charge in [0.1, 0.15) is 0 Å². The van der Waals surface area contributed by atoms with Crippen molar-refractivity contribution >= 4 is 23.1 Å². The van der Waals surface area contributed by atoms with Crippen molar-refractivity contribution in [3.63, 3.8) is 0 Å². The Balaban J connectivity index is 1.87. The maximum absolute atomic E-state index is 4.27. The molecular formula is C14H18N2S. The fourth-order valence-electron chi connectivity index (χ4n) is 1.75. The highest BCUT2D eigenvalue weighted by atomic mass is 32.2. The molecule has 0 aromatic heterocycles. The lowest BCUT2D eigenvalue weighted by Crippen LogP contribution is -1.94. The average molecular weight is 246 g/mol. The van der Waals surface area contributed by atoms with Crippen molar-refractivity contribution in [3.05, 3.63) is 35.4 Å². The number of amidine groups is 1. The molecular weight excluding hydrogens is 228 g/mol. The third kappa shape index (κ3) is 4.00. The van der Waals surface area contributed by atoms with Crippen LogP contribution in [0.3, 0.4) is 0 Å². The van der Waals surface area contributed by atoms with Crippen molar-refractivity contribution in [2.75, 3.05) is 6.54 Å². The van der Waals surface area contributed by atoms with Crippen molar-refractivity contribution in [3.8, 4) is 0 Å². The van der Waals surface area contributed by atoms with E-state index < -0.39 is 0 Å². The Morgan fingerprint density at radius 2 is 1.88 bits per heavy atom. The summed E-state index contributed by atoms with van der Waals surface area (Å²) in [6, 6.07) is 8.89. The maximum atomic E-state index is 4.27. The molecule has 0 unspecified atom stereocenters. The molecule has 0 N–H and O–H groups in total. The van der Waals surface area contributed by atoms with E-state index in [4.69, 9.17) is 0 Å². The molecule has 0 fully saturated rings. The zero-order valence-corrected chi connectivity index (χ0v) is 11.2. The molecule has 0 aliphatic carbocycles. The van der Waals surface area contributed by atoms with Crippen LogP contribution in [-0.2, 0) is 12.2 Å². The Kier molecular flexibility index (Phi) is 4.37. The zero-order valence-electron chi connectivity index (χ0n) is 10.4. The summed E-state index contributed by atoms with van der Waals surface area (Å²) >= 11 is 1.71. The fraction of sp³-hybridized carbons (Fsp3) is 0.429. The summed E-state index contributed by atoms with van der Waals surface area (Å²) in [5.41, 5.74) is 2.76. The number of hydrogen-bond acceptors (Lipinski definition) is 3. The lowest BCUT2D eigenvalue weighted by atomic mass is 10.0. The van der Waals surface area contributed by atoms with Gasteiger partial charge in [0.15, 0.2) is 5.17 Å². The van der Waals surface area contributed by atoms with Crippen molar-refractivity contribution in [1.82, 2.24) is 0 Å². The van der Waals surface area contributed by atoms with E-state index in [-0.39, 0.29) is 0 Å². The average Bonchev–Trinajstić information content (AvgIpc) is 2.80. The van der Waals surface area contributed by atoms with Gasteiger partial charge in [-0.1, -0.05) is 49.9 Å². The maximum Gasteiger partial charge on any atom is 0.183 e. The van der Waals surface area contributed by atoms with Gasteiger partial charge in [0.05, 0.1) is 6.54 Å². The number of benzene rings is 1. The highest BCUT2D eigenvalue weighted by Crippen LogP contribution is 2.17. The van der Waals surface area contributed by atoms with Gasteiger partial charge in [0.25, 0.3) is 0 Å². The summed E-state index contributed by atoms with van der Waals surface area (Å²) in [6.45, 7) is 5.25. The minimum absolute atomic E-state index is 0.720. The summed E-state index contributed by atoms with van der Waals surface area (Å²) in [4.78, 5) is 8.46. The Bertz CT molecular complexity index is 418. The van der Waals surface area contributed by atoms with Gasteiger partial charge in [-0.25, -0.2) is 4.99 Å². The summed E-state index contributed by atoms with van der Waals surface area (Å²) < 4.78 is 0. The number of nitrogens with zero attached hydrogens (tertiary/aromatic N) is 2. The molecule has 0 bridgehead atoms. The smallest absolute Gasteiger partial charge is 0.183 e. The number of aliphatic imine (C=N–C) groups is 2. The molecule has 2 nitrogen and oxygen atoms in total. The topological polar surface area (TPSA) is 24.7 Å². The molecule has 1 heterocycles. The van der Waals surface area contributed by atoms with Gasteiger partial charge in [-0.05, 0) is 23.5 Å². The first-order chi connectivity index (χ1) is 8.24. The minimum atomic E-state index is 0.720. The van der Waals surface area contributed by atoms with Crippen LogP contribution in [0, 0.1) is 5.92 Å². The molecule has 0 saturated heterocycles. The summed E-state index contributed by atoms with van der Waals surface area (Å²) in [5, 5.41) is 0.913. The normalized spacial score (nSPS) is 14.4. The van der Waals surface area contributed by atoms with Crippen LogP contribution in [0.15, 0.2) is 34.3 Å². The van der Waals surface area contributed by atoms with E-state index >= 15 is 0 Å². The quantitative estimate of drug-likeness (QED) is 0.797. The molecule has 0 radical (unpaired) electrons. The molecule has 1 aliphatic rings. The van der Waals surface area contributed by atoms with E-state index in [1.165, 1.54) is 11.1 Å². The molecule has 0 spiro atoms. The molecule has 90 valence electrons. The Morgan fingerprint density at radius 3 is 2.47 bits per heavy atom. The van der Waals surface area contributed by atoms with E-state index in [2.05, 4.69) is 48.1 Å². The molecule has 0 atom stereocenters. The number of hydrogen-bond donors (Lipinski definition) is 0. The Labute approximate surface area is 107 Å². The van der Waals surface area contributed by atoms with E-state index in [0.29, 0.717) is 0 Å². The van der Waals surface area contributed by atoms with E-state index in [1.54, 1.807) is 11.8 Å². The van der Waals surface area contributed by atoms with Crippen LogP contribution in [0.1, 0.15) is 25.0 Å². The fourth-order valence-corrected chi connectivity index (χ4v) is 2.56. The third-order valence-corrected chi connectivity index (χ3v) is 3.52. The van der Waals surface area contributed by atoms with Crippen molar-refractivity contribution in [2.24, 2.45) is 15.9 Å². The predicted molar refractivity (Wildman–Crippen MR) is 77.1 cm³/mol. The van der Waals surface area contributed by atoms with Gasteiger partial charge in [0, 0.05) is 12.0 Å².